The van der Waals surface area contributed by atoms with E-state index in [0.29, 0.717) is 23.9 Å². The van der Waals surface area contributed by atoms with E-state index in [9.17, 15) is 0 Å². The van der Waals surface area contributed by atoms with E-state index in [1.54, 1.807) is 0 Å². The molecule has 8 N–H and O–H groups in total. The summed E-state index contributed by atoms with van der Waals surface area (Å²) in [6.45, 7) is 9.76. The zero-order valence-electron chi connectivity index (χ0n) is 11.4. The van der Waals surface area contributed by atoms with E-state index in [4.69, 9.17) is 22.9 Å². The monoisotopic (exact) mass is 232 g/mol. The molecule has 0 rings (SSSR count). The van der Waals surface area contributed by atoms with Crippen molar-refractivity contribution in [3.63, 3.8) is 0 Å². The van der Waals surface area contributed by atoms with Crippen LogP contribution in [0.5, 0.6) is 0 Å². The minimum atomic E-state index is 0.290. The molecule has 0 aromatic carbocycles. The highest BCUT2D eigenvalue weighted by Crippen LogP contribution is 2.02. The lowest BCUT2D eigenvalue weighted by Gasteiger charge is -2.12. The van der Waals surface area contributed by atoms with Gasteiger partial charge in [-0.3, -0.25) is 0 Å². The molecule has 0 aliphatic rings. The zero-order chi connectivity index (χ0) is 13.1. The number of rotatable bonds is 6. The highest BCUT2D eigenvalue weighted by atomic mass is 14.6. The van der Waals surface area contributed by atoms with Gasteiger partial charge in [0.15, 0.2) is 0 Å². The van der Waals surface area contributed by atoms with Gasteiger partial charge in [0.1, 0.15) is 0 Å². The molecule has 0 fully saturated rings. The van der Waals surface area contributed by atoms with E-state index in [-0.39, 0.29) is 0 Å². The standard InChI is InChI=1S/2C6H16N2/c1-5(4-7)3-6(2)8;1-5(3-4-7)6(2)8/h2*5-6H,3-4,7-8H2,1-2H3. The van der Waals surface area contributed by atoms with Gasteiger partial charge in [-0.1, -0.05) is 13.8 Å². The molecule has 4 atom stereocenters. The average Bonchev–Trinajstić information content (AvgIpc) is 2.18. The van der Waals surface area contributed by atoms with Crippen molar-refractivity contribution in [2.45, 2.75) is 52.6 Å². The summed E-state index contributed by atoms with van der Waals surface area (Å²) >= 11 is 0. The maximum absolute atomic E-state index is 5.57. The number of hydrogen-bond donors (Lipinski definition) is 4. The molecule has 16 heavy (non-hydrogen) atoms. The van der Waals surface area contributed by atoms with Crippen LogP contribution in [-0.2, 0) is 0 Å². The van der Waals surface area contributed by atoms with E-state index in [1.807, 2.05) is 13.8 Å². The summed E-state index contributed by atoms with van der Waals surface area (Å²) < 4.78 is 0. The van der Waals surface area contributed by atoms with E-state index in [2.05, 4.69) is 13.8 Å². The highest BCUT2D eigenvalue weighted by Gasteiger charge is 2.04. The smallest absolute Gasteiger partial charge is 0.00365 e. The molecule has 0 aromatic rings. The lowest BCUT2D eigenvalue weighted by atomic mass is 10.0. The molecule has 4 nitrogen and oxygen atoms in total. The Morgan fingerprint density at radius 1 is 0.938 bits per heavy atom. The minimum Gasteiger partial charge on any atom is -0.330 e. The minimum absolute atomic E-state index is 0.290. The van der Waals surface area contributed by atoms with Gasteiger partial charge in [0, 0.05) is 12.1 Å². The normalized spacial score (nSPS) is 18.0. The second kappa shape index (κ2) is 11.3. The van der Waals surface area contributed by atoms with Crippen LogP contribution < -0.4 is 22.9 Å². The summed E-state index contributed by atoms with van der Waals surface area (Å²) in [4.78, 5) is 0. The Morgan fingerprint density at radius 2 is 1.44 bits per heavy atom. The van der Waals surface area contributed by atoms with Crippen LogP contribution in [0.2, 0.25) is 0 Å². The fourth-order valence-corrected chi connectivity index (χ4v) is 1.26. The quantitative estimate of drug-likeness (QED) is 0.539. The predicted molar refractivity (Wildman–Crippen MR) is 73.0 cm³/mol. The van der Waals surface area contributed by atoms with Gasteiger partial charge in [0.25, 0.3) is 0 Å². The first kappa shape index (κ1) is 18.2. The van der Waals surface area contributed by atoms with Crippen molar-refractivity contribution < 1.29 is 0 Å². The van der Waals surface area contributed by atoms with Crippen LogP contribution in [0.15, 0.2) is 0 Å². The van der Waals surface area contributed by atoms with Crippen molar-refractivity contribution in [1.82, 2.24) is 0 Å². The second-order valence-corrected chi connectivity index (χ2v) is 4.97. The van der Waals surface area contributed by atoms with Gasteiger partial charge in [-0.15, -0.1) is 0 Å². The van der Waals surface area contributed by atoms with E-state index < -0.39 is 0 Å². The van der Waals surface area contributed by atoms with E-state index >= 15 is 0 Å². The van der Waals surface area contributed by atoms with Gasteiger partial charge in [0.2, 0.25) is 0 Å². The fourth-order valence-electron chi connectivity index (χ4n) is 1.26. The van der Waals surface area contributed by atoms with Crippen molar-refractivity contribution in [3.8, 4) is 0 Å². The Kier molecular flexibility index (Phi) is 12.9. The molecule has 100 valence electrons. The molecule has 0 spiro atoms. The van der Waals surface area contributed by atoms with Crippen molar-refractivity contribution in [2.75, 3.05) is 13.1 Å². The molecule has 0 aliphatic heterocycles. The molecule has 0 heterocycles. The molecule has 0 saturated carbocycles. The molecule has 4 heteroatoms. The number of nitrogens with two attached hydrogens (primary N) is 4. The molecule has 0 saturated heterocycles. The lowest BCUT2D eigenvalue weighted by molar-refractivity contribution is 0.457. The summed E-state index contributed by atoms with van der Waals surface area (Å²) in [7, 11) is 0. The first-order chi connectivity index (χ1) is 7.34. The van der Waals surface area contributed by atoms with Crippen LogP contribution in [0.1, 0.15) is 40.5 Å². The van der Waals surface area contributed by atoms with Crippen molar-refractivity contribution >= 4 is 0 Å². The maximum atomic E-state index is 5.57. The van der Waals surface area contributed by atoms with Crippen LogP contribution in [0, 0.1) is 11.8 Å². The Hall–Kier alpha value is -0.160. The van der Waals surface area contributed by atoms with Gasteiger partial charge < -0.3 is 22.9 Å². The third kappa shape index (κ3) is 13.8. The molecule has 0 bridgehead atoms. The van der Waals surface area contributed by atoms with E-state index in [1.165, 1.54) is 0 Å². The molecular formula is C12H32N4. The van der Waals surface area contributed by atoms with Crippen LogP contribution >= 0.6 is 0 Å². The second-order valence-electron chi connectivity index (χ2n) is 4.97. The van der Waals surface area contributed by atoms with E-state index in [0.717, 1.165) is 25.9 Å². The molecule has 0 aromatic heterocycles. The van der Waals surface area contributed by atoms with Crippen molar-refractivity contribution in [2.24, 2.45) is 34.8 Å². The summed E-state index contributed by atoms with van der Waals surface area (Å²) in [6.07, 6.45) is 2.08. The van der Waals surface area contributed by atoms with Crippen molar-refractivity contribution in [3.05, 3.63) is 0 Å². The van der Waals surface area contributed by atoms with Crippen LogP contribution in [0.25, 0.3) is 0 Å². The highest BCUT2D eigenvalue weighted by molar-refractivity contribution is 4.62. The third-order valence-electron chi connectivity index (χ3n) is 2.70. The van der Waals surface area contributed by atoms with Crippen LogP contribution in [0.3, 0.4) is 0 Å². The third-order valence-corrected chi connectivity index (χ3v) is 2.70. The number of hydrogen-bond acceptors (Lipinski definition) is 4. The predicted octanol–water partition coefficient (Wildman–Crippen LogP) is 0.637. The summed E-state index contributed by atoms with van der Waals surface area (Å²) in [6, 6.07) is 0.590. The Balaban J connectivity index is 0. The van der Waals surface area contributed by atoms with Crippen LogP contribution in [0.4, 0.5) is 0 Å². The zero-order valence-corrected chi connectivity index (χ0v) is 11.4. The van der Waals surface area contributed by atoms with Gasteiger partial charge >= 0.3 is 0 Å². The Labute approximate surface area is 101 Å². The average molecular weight is 232 g/mol. The topological polar surface area (TPSA) is 104 Å². The largest absolute Gasteiger partial charge is 0.330 e. The molecule has 0 aliphatic carbocycles. The summed E-state index contributed by atoms with van der Waals surface area (Å²) in [5.74, 6) is 1.15. The maximum Gasteiger partial charge on any atom is 0.00365 e. The van der Waals surface area contributed by atoms with Crippen molar-refractivity contribution in [1.29, 1.82) is 0 Å². The Morgan fingerprint density at radius 3 is 1.56 bits per heavy atom. The Bertz CT molecular complexity index is 137. The SMILES string of the molecule is CC(N)C(C)CCN.CC(N)CC(C)CN. The summed E-state index contributed by atoms with van der Waals surface area (Å²) in [5, 5.41) is 0. The molecular weight excluding hydrogens is 200 g/mol. The summed E-state index contributed by atoms with van der Waals surface area (Å²) in [5.41, 5.74) is 21.8. The van der Waals surface area contributed by atoms with Gasteiger partial charge in [-0.05, 0) is 51.6 Å². The molecule has 0 radical (unpaired) electrons. The van der Waals surface area contributed by atoms with Gasteiger partial charge in [-0.25, -0.2) is 0 Å². The molecule has 4 unspecified atom stereocenters. The first-order valence-corrected chi connectivity index (χ1v) is 6.26. The van der Waals surface area contributed by atoms with Crippen LogP contribution in [-0.4, -0.2) is 25.2 Å². The molecule has 0 amide bonds. The first-order valence-electron chi connectivity index (χ1n) is 6.26. The van der Waals surface area contributed by atoms with Gasteiger partial charge in [-0.2, -0.15) is 0 Å². The lowest BCUT2D eigenvalue weighted by Crippen LogP contribution is -2.25. The van der Waals surface area contributed by atoms with Gasteiger partial charge in [0.05, 0.1) is 0 Å². The fraction of sp³-hybridized carbons (Fsp3) is 1.00.